The number of ether oxygens (including phenoxy) is 2. The van der Waals surface area contributed by atoms with Gasteiger partial charge in [-0.2, -0.15) is 0 Å². The molecule has 0 bridgehead atoms. The van der Waals surface area contributed by atoms with Gasteiger partial charge in [0.2, 0.25) is 0 Å². The van der Waals surface area contributed by atoms with E-state index in [4.69, 9.17) is 9.47 Å². The number of anilines is 1. The number of nitrogens with zero attached hydrogens (tertiary/aromatic N) is 1. The van der Waals surface area contributed by atoms with E-state index in [2.05, 4.69) is 10.3 Å². The van der Waals surface area contributed by atoms with E-state index in [0.29, 0.717) is 12.6 Å². The summed E-state index contributed by atoms with van der Waals surface area (Å²) in [6, 6.07) is 0.335. The standard InChI is InChI=1S/C15H22N2O3S/c1-3-20-14(18)9-7-8-12-13(9)17-15(21-12)16-10-5-4-6-11(10)19-2/h9-11H,3-8H2,1-2H3,(H,16,17). The SMILES string of the molecule is CCOC(=O)C1CCc2sc(NC3CCCC3OC)nc21. The molecule has 1 N–H and O–H groups in total. The molecule has 6 heteroatoms. The number of methoxy groups -OCH3 is 1. The first-order valence-electron chi connectivity index (χ1n) is 7.68. The van der Waals surface area contributed by atoms with Gasteiger partial charge in [-0.05, 0) is 39.0 Å². The molecule has 0 spiro atoms. The Labute approximate surface area is 129 Å². The fourth-order valence-corrected chi connectivity index (χ4v) is 4.39. The molecular formula is C15H22N2O3S. The van der Waals surface area contributed by atoms with Crippen LogP contribution in [0.5, 0.6) is 0 Å². The average molecular weight is 310 g/mol. The van der Waals surface area contributed by atoms with E-state index in [9.17, 15) is 4.79 Å². The second-order valence-corrected chi connectivity index (χ2v) is 6.71. The van der Waals surface area contributed by atoms with Gasteiger partial charge >= 0.3 is 5.97 Å². The molecule has 1 fully saturated rings. The molecule has 0 aromatic carbocycles. The van der Waals surface area contributed by atoms with Crippen LogP contribution in [0.4, 0.5) is 5.13 Å². The van der Waals surface area contributed by atoms with E-state index < -0.39 is 0 Å². The fraction of sp³-hybridized carbons (Fsp3) is 0.733. The zero-order chi connectivity index (χ0) is 14.8. The molecule has 0 saturated heterocycles. The van der Waals surface area contributed by atoms with Crippen LogP contribution in [0.25, 0.3) is 0 Å². The highest BCUT2D eigenvalue weighted by molar-refractivity contribution is 7.15. The molecule has 3 rings (SSSR count). The first kappa shape index (κ1) is 14.8. The molecule has 3 unspecified atom stereocenters. The van der Waals surface area contributed by atoms with Crippen molar-refractivity contribution in [2.75, 3.05) is 19.0 Å². The molecule has 1 heterocycles. The molecule has 5 nitrogen and oxygen atoms in total. The molecule has 1 aromatic rings. The maximum absolute atomic E-state index is 12.0. The third-order valence-electron chi connectivity index (χ3n) is 4.35. The molecule has 2 aliphatic carbocycles. The Morgan fingerprint density at radius 1 is 1.43 bits per heavy atom. The van der Waals surface area contributed by atoms with Gasteiger partial charge in [0, 0.05) is 12.0 Å². The van der Waals surface area contributed by atoms with E-state index in [1.165, 1.54) is 11.3 Å². The van der Waals surface area contributed by atoms with E-state index in [-0.39, 0.29) is 18.0 Å². The zero-order valence-electron chi connectivity index (χ0n) is 12.6. The van der Waals surface area contributed by atoms with E-state index in [1.54, 1.807) is 18.4 Å². The lowest BCUT2D eigenvalue weighted by atomic mass is 10.1. The molecule has 116 valence electrons. The Morgan fingerprint density at radius 3 is 3.05 bits per heavy atom. The van der Waals surface area contributed by atoms with Gasteiger partial charge in [-0.1, -0.05) is 0 Å². The number of hydrogen-bond donors (Lipinski definition) is 1. The predicted molar refractivity (Wildman–Crippen MR) is 81.9 cm³/mol. The van der Waals surface area contributed by atoms with Crippen molar-refractivity contribution >= 4 is 22.4 Å². The van der Waals surface area contributed by atoms with E-state index in [1.807, 2.05) is 6.92 Å². The fourth-order valence-electron chi connectivity index (χ4n) is 3.29. The summed E-state index contributed by atoms with van der Waals surface area (Å²) >= 11 is 1.68. The van der Waals surface area contributed by atoms with Crippen molar-refractivity contribution in [2.24, 2.45) is 0 Å². The van der Waals surface area contributed by atoms with Crippen molar-refractivity contribution in [1.29, 1.82) is 0 Å². The maximum Gasteiger partial charge on any atom is 0.315 e. The number of fused-ring (bicyclic) bond motifs is 1. The average Bonchev–Trinajstić information content (AvgIpc) is 3.14. The van der Waals surface area contributed by atoms with Gasteiger partial charge in [0.15, 0.2) is 5.13 Å². The number of nitrogens with one attached hydrogen (secondary N) is 1. The van der Waals surface area contributed by atoms with Crippen LogP contribution in [0, 0.1) is 0 Å². The minimum absolute atomic E-state index is 0.135. The van der Waals surface area contributed by atoms with Gasteiger partial charge < -0.3 is 14.8 Å². The van der Waals surface area contributed by atoms with Gasteiger partial charge in [-0.15, -0.1) is 11.3 Å². The molecule has 1 saturated carbocycles. The summed E-state index contributed by atoms with van der Waals surface area (Å²) in [5.41, 5.74) is 0.924. The van der Waals surface area contributed by atoms with E-state index in [0.717, 1.165) is 36.5 Å². The van der Waals surface area contributed by atoms with Gasteiger partial charge in [-0.3, -0.25) is 4.79 Å². The minimum Gasteiger partial charge on any atom is -0.465 e. The highest BCUT2D eigenvalue weighted by Gasteiger charge is 2.34. The van der Waals surface area contributed by atoms with Crippen LogP contribution in [-0.2, 0) is 20.7 Å². The van der Waals surface area contributed by atoms with E-state index >= 15 is 0 Å². The molecule has 3 atom stereocenters. The third-order valence-corrected chi connectivity index (χ3v) is 5.42. The van der Waals surface area contributed by atoms with Crippen LogP contribution in [0.15, 0.2) is 0 Å². The quantitative estimate of drug-likeness (QED) is 0.847. The van der Waals surface area contributed by atoms with Crippen molar-refractivity contribution in [1.82, 2.24) is 4.98 Å². The summed E-state index contributed by atoms with van der Waals surface area (Å²) < 4.78 is 10.6. The summed E-state index contributed by atoms with van der Waals surface area (Å²) in [7, 11) is 1.77. The number of esters is 1. The lowest BCUT2D eigenvalue weighted by Gasteiger charge is -2.19. The Bertz CT molecular complexity index is 517. The smallest absolute Gasteiger partial charge is 0.315 e. The van der Waals surface area contributed by atoms with Gasteiger partial charge in [0.05, 0.1) is 24.4 Å². The van der Waals surface area contributed by atoms with Crippen molar-refractivity contribution in [2.45, 2.75) is 57.1 Å². The predicted octanol–water partition coefficient (Wildman–Crippen LogP) is 2.72. The van der Waals surface area contributed by atoms with Crippen molar-refractivity contribution in [3.63, 3.8) is 0 Å². The lowest BCUT2D eigenvalue weighted by molar-refractivity contribution is -0.145. The van der Waals surface area contributed by atoms with Crippen LogP contribution < -0.4 is 5.32 Å². The molecule has 21 heavy (non-hydrogen) atoms. The number of aromatic nitrogens is 1. The number of rotatable bonds is 5. The Balaban J connectivity index is 1.70. The summed E-state index contributed by atoms with van der Waals surface area (Å²) in [6.07, 6.45) is 5.43. The van der Waals surface area contributed by atoms with Crippen LogP contribution in [0.2, 0.25) is 0 Å². The molecule has 2 aliphatic rings. The minimum atomic E-state index is -0.173. The highest BCUT2D eigenvalue weighted by atomic mass is 32.1. The Morgan fingerprint density at radius 2 is 2.29 bits per heavy atom. The third kappa shape index (κ3) is 2.92. The summed E-state index contributed by atoms with van der Waals surface area (Å²) in [6.45, 7) is 2.27. The van der Waals surface area contributed by atoms with Gasteiger partial charge in [0.1, 0.15) is 5.92 Å². The van der Waals surface area contributed by atoms with Crippen LogP contribution in [-0.4, -0.2) is 36.8 Å². The largest absolute Gasteiger partial charge is 0.465 e. The number of carbonyl (C=O) groups is 1. The van der Waals surface area contributed by atoms with Gasteiger partial charge in [0.25, 0.3) is 0 Å². The number of aryl methyl sites for hydroxylation is 1. The molecular weight excluding hydrogens is 288 g/mol. The number of carbonyl (C=O) groups excluding carboxylic acids is 1. The normalized spacial score (nSPS) is 27.6. The molecule has 1 aromatic heterocycles. The Hall–Kier alpha value is -1.14. The highest BCUT2D eigenvalue weighted by Crippen LogP contribution is 2.39. The molecule has 0 aliphatic heterocycles. The summed E-state index contributed by atoms with van der Waals surface area (Å²) in [5.74, 6) is -0.308. The molecule has 0 amide bonds. The van der Waals surface area contributed by atoms with Crippen LogP contribution in [0.3, 0.4) is 0 Å². The summed E-state index contributed by atoms with van der Waals surface area (Å²) in [4.78, 5) is 17.8. The summed E-state index contributed by atoms with van der Waals surface area (Å²) in [5, 5.41) is 4.41. The topological polar surface area (TPSA) is 60.5 Å². The Kier molecular flexibility index (Phi) is 4.45. The second kappa shape index (κ2) is 6.32. The monoisotopic (exact) mass is 310 g/mol. The molecule has 0 radical (unpaired) electrons. The lowest BCUT2D eigenvalue weighted by Crippen LogP contribution is -2.29. The first-order chi connectivity index (χ1) is 10.2. The van der Waals surface area contributed by atoms with Crippen molar-refractivity contribution < 1.29 is 14.3 Å². The first-order valence-corrected chi connectivity index (χ1v) is 8.50. The second-order valence-electron chi connectivity index (χ2n) is 5.63. The zero-order valence-corrected chi connectivity index (χ0v) is 13.4. The van der Waals surface area contributed by atoms with Crippen molar-refractivity contribution in [3.05, 3.63) is 10.6 Å². The van der Waals surface area contributed by atoms with Crippen LogP contribution >= 0.6 is 11.3 Å². The maximum atomic E-state index is 12.0. The van der Waals surface area contributed by atoms with Crippen LogP contribution in [0.1, 0.15) is 49.1 Å². The number of thiazole rings is 1. The number of hydrogen-bond acceptors (Lipinski definition) is 6. The van der Waals surface area contributed by atoms with Crippen molar-refractivity contribution in [3.8, 4) is 0 Å². The van der Waals surface area contributed by atoms with Gasteiger partial charge in [-0.25, -0.2) is 4.98 Å².